The molecule has 112 valence electrons. The van der Waals surface area contributed by atoms with Gasteiger partial charge in [0.25, 0.3) is 0 Å². The van der Waals surface area contributed by atoms with Gasteiger partial charge in [0.1, 0.15) is 23.2 Å². The van der Waals surface area contributed by atoms with Gasteiger partial charge in [-0.2, -0.15) is 0 Å². The Morgan fingerprint density at radius 3 is 2.57 bits per heavy atom. The average Bonchev–Trinajstić information content (AvgIpc) is 2.53. The Labute approximate surface area is 124 Å². The van der Waals surface area contributed by atoms with Crippen molar-refractivity contribution < 1.29 is 4.74 Å². The highest BCUT2D eigenvalue weighted by atomic mass is 16.5. The van der Waals surface area contributed by atoms with Gasteiger partial charge in [-0.15, -0.1) is 0 Å². The summed E-state index contributed by atoms with van der Waals surface area (Å²) in [7, 11) is 3.59. The molecule has 1 aromatic carbocycles. The SMILES string of the molecule is COc1ccccc1N(C)c1cc(NN)nc(C(C)C)n1. The molecule has 1 aromatic heterocycles. The largest absolute Gasteiger partial charge is 0.495 e. The summed E-state index contributed by atoms with van der Waals surface area (Å²) in [5.41, 5.74) is 3.52. The second-order valence-electron chi connectivity index (χ2n) is 5.00. The van der Waals surface area contributed by atoms with E-state index >= 15 is 0 Å². The molecule has 6 heteroatoms. The first kappa shape index (κ1) is 15.1. The number of nitrogens with one attached hydrogen (secondary N) is 1. The zero-order valence-electron chi connectivity index (χ0n) is 12.8. The van der Waals surface area contributed by atoms with Crippen LogP contribution in [0.5, 0.6) is 5.75 Å². The van der Waals surface area contributed by atoms with Crippen LogP contribution in [0.15, 0.2) is 30.3 Å². The van der Waals surface area contributed by atoms with Gasteiger partial charge in [0.2, 0.25) is 0 Å². The van der Waals surface area contributed by atoms with Gasteiger partial charge in [0.15, 0.2) is 0 Å². The Kier molecular flexibility index (Phi) is 4.59. The zero-order valence-corrected chi connectivity index (χ0v) is 12.8. The van der Waals surface area contributed by atoms with Crippen molar-refractivity contribution in [2.75, 3.05) is 24.5 Å². The van der Waals surface area contributed by atoms with Gasteiger partial charge in [0.05, 0.1) is 12.8 Å². The Morgan fingerprint density at radius 1 is 1.24 bits per heavy atom. The van der Waals surface area contributed by atoms with Crippen molar-refractivity contribution >= 4 is 17.3 Å². The predicted molar refractivity (Wildman–Crippen MR) is 85.0 cm³/mol. The molecular formula is C15H21N5O. The number of nitrogens with zero attached hydrogens (tertiary/aromatic N) is 3. The normalized spacial score (nSPS) is 10.6. The highest BCUT2D eigenvalue weighted by Gasteiger charge is 2.14. The van der Waals surface area contributed by atoms with E-state index in [9.17, 15) is 0 Å². The number of para-hydroxylation sites is 2. The van der Waals surface area contributed by atoms with Crippen LogP contribution in [-0.4, -0.2) is 24.1 Å². The van der Waals surface area contributed by atoms with E-state index in [4.69, 9.17) is 10.6 Å². The van der Waals surface area contributed by atoms with Crippen molar-refractivity contribution in [2.45, 2.75) is 19.8 Å². The van der Waals surface area contributed by atoms with Crippen LogP contribution in [0.4, 0.5) is 17.3 Å². The third-order valence-electron chi connectivity index (χ3n) is 3.18. The van der Waals surface area contributed by atoms with Gasteiger partial charge in [0, 0.05) is 19.0 Å². The third kappa shape index (κ3) is 3.22. The lowest BCUT2D eigenvalue weighted by atomic mass is 10.2. The average molecular weight is 287 g/mol. The van der Waals surface area contributed by atoms with Crippen LogP contribution < -0.4 is 20.9 Å². The molecule has 2 aromatic rings. The quantitative estimate of drug-likeness (QED) is 0.650. The smallest absolute Gasteiger partial charge is 0.145 e. The van der Waals surface area contributed by atoms with E-state index in [1.165, 1.54) is 0 Å². The molecule has 0 saturated heterocycles. The van der Waals surface area contributed by atoms with Crippen LogP contribution in [0, 0.1) is 0 Å². The number of nitrogens with two attached hydrogens (primary N) is 1. The molecule has 0 saturated carbocycles. The molecule has 1 heterocycles. The lowest BCUT2D eigenvalue weighted by molar-refractivity contribution is 0.415. The van der Waals surface area contributed by atoms with Crippen LogP contribution in [0.3, 0.4) is 0 Å². The predicted octanol–water partition coefficient (Wildman–Crippen LogP) is 2.66. The molecule has 0 unspecified atom stereocenters. The molecule has 6 nitrogen and oxygen atoms in total. The monoisotopic (exact) mass is 287 g/mol. The number of methoxy groups -OCH3 is 1. The van der Waals surface area contributed by atoms with E-state index in [1.807, 2.05) is 50.1 Å². The molecule has 0 aliphatic carbocycles. The molecule has 3 N–H and O–H groups in total. The molecule has 0 bridgehead atoms. The van der Waals surface area contributed by atoms with Crippen molar-refractivity contribution in [3.8, 4) is 5.75 Å². The third-order valence-corrected chi connectivity index (χ3v) is 3.18. The van der Waals surface area contributed by atoms with Crippen molar-refractivity contribution in [3.05, 3.63) is 36.2 Å². The molecule has 0 aliphatic rings. The van der Waals surface area contributed by atoms with Crippen LogP contribution in [0.1, 0.15) is 25.6 Å². The standard InChI is InChI=1S/C15H21N5O/c1-10(2)15-17-13(19-16)9-14(18-15)20(3)11-7-5-6-8-12(11)21-4/h5-10H,16H2,1-4H3,(H,17,18,19). The van der Waals surface area contributed by atoms with Crippen molar-refractivity contribution in [1.29, 1.82) is 0 Å². The van der Waals surface area contributed by atoms with Crippen LogP contribution in [-0.2, 0) is 0 Å². The lowest BCUT2D eigenvalue weighted by Gasteiger charge is -2.22. The molecule has 0 fully saturated rings. The molecule has 0 amide bonds. The van der Waals surface area contributed by atoms with Gasteiger partial charge in [-0.25, -0.2) is 15.8 Å². The van der Waals surface area contributed by atoms with E-state index < -0.39 is 0 Å². The Hall–Kier alpha value is -2.34. The highest BCUT2D eigenvalue weighted by Crippen LogP contribution is 2.32. The van der Waals surface area contributed by atoms with Crippen LogP contribution in [0.2, 0.25) is 0 Å². The number of benzene rings is 1. The van der Waals surface area contributed by atoms with Crippen molar-refractivity contribution in [1.82, 2.24) is 9.97 Å². The minimum atomic E-state index is 0.211. The van der Waals surface area contributed by atoms with Gasteiger partial charge in [-0.1, -0.05) is 26.0 Å². The number of rotatable bonds is 5. The fourth-order valence-corrected chi connectivity index (χ4v) is 1.99. The summed E-state index contributed by atoms with van der Waals surface area (Å²) in [4.78, 5) is 10.9. The number of aromatic nitrogens is 2. The minimum absolute atomic E-state index is 0.211. The fourth-order valence-electron chi connectivity index (χ4n) is 1.99. The van der Waals surface area contributed by atoms with Gasteiger partial charge in [-0.3, -0.25) is 0 Å². The zero-order chi connectivity index (χ0) is 15.4. The first-order valence-electron chi connectivity index (χ1n) is 6.79. The number of ether oxygens (including phenoxy) is 1. The Bertz CT molecular complexity index is 615. The summed E-state index contributed by atoms with van der Waals surface area (Å²) in [6, 6.07) is 9.59. The summed E-state index contributed by atoms with van der Waals surface area (Å²) >= 11 is 0. The lowest BCUT2D eigenvalue weighted by Crippen LogP contribution is -2.17. The molecule has 2 rings (SSSR count). The maximum absolute atomic E-state index is 5.50. The Balaban J connectivity index is 2.47. The van der Waals surface area contributed by atoms with E-state index in [0.717, 1.165) is 23.1 Å². The summed E-state index contributed by atoms with van der Waals surface area (Å²) in [5.74, 6) is 8.58. The summed E-state index contributed by atoms with van der Waals surface area (Å²) in [6.07, 6.45) is 0. The van der Waals surface area contributed by atoms with Gasteiger partial charge in [-0.05, 0) is 12.1 Å². The van der Waals surface area contributed by atoms with E-state index in [1.54, 1.807) is 13.2 Å². The second-order valence-corrected chi connectivity index (χ2v) is 5.00. The Morgan fingerprint density at radius 2 is 1.95 bits per heavy atom. The summed E-state index contributed by atoms with van der Waals surface area (Å²) in [5, 5.41) is 0. The number of hydrogen-bond donors (Lipinski definition) is 2. The fraction of sp³-hybridized carbons (Fsp3) is 0.333. The maximum Gasteiger partial charge on any atom is 0.145 e. The minimum Gasteiger partial charge on any atom is -0.495 e. The van der Waals surface area contributed by atoms with E-state index in [0.29, 0.717) is 5.82 Å². The number of nitrogen functional groups attached to an aromatic ring is 1. The van der Waals surface area contributed by atoms with E-state index in [-0.39, 0.29) is 5.92 Å². The topological polar surface area (TPSA) is 76.3 Å². The molecule has 21 heavy (non-hydrogen) atoms. The molecule has 0 radical (unpaired) electrons. The molecule has 0 aliphatic heterocycles. The van der Waals surface area contributed by atoms with Gasteiger partial charge < -0.3 is 15.1 Å². The summed E-state index contributed by atoms with van der Waals surface area (Å²) in [6.45, 7) is 4.09. The van der Waals surface area contributed by atoms with Crippen LogP contribution in [0.25, 0.3) is 0 Å². The molecule has 0 atom stereocenters. The first-order valence-corrected chi connectivity index (χ1v) is 6.79. The van der Waals surface area contributed by atoms with E-state index in [2.05, 4.69) is 15.4 Å². The summed E-state index contributed by atoms with van der Waals surface area (Å²) < 4.78 is 5.40. The number of anilines is 3. The number of hydrogen-bond acceptors (Lipinski definition) is 6. The number of hydrazine groups is 1. The second kappa shape index (κ2) is 6.41. The van der Waals surface area contributed by atoms with Gasteiger partial charge >= 0.3 is 0 Å². The maximum atomic E-state index is 5.50. The molecule has 0 spiro atoms. The van der Waals surface area contributed by atoms with Crippen molar-refractivity contribution in [3.63, 3.8) is 0 Å². The van der Waals surface area contributed by atoms with Crippen molar-refractivity contribution in [2.24, 2.45) is 5.84 Å². The highest BCUT2D eigenvalue weighted by molar-refractivity contribution is 5.67. The van der Waals surface area contributed by atoms with Crippen LogP contribution >= 0.6 is 0 Å². The first-order chi connectivity index (χ1) is 10.1. The molecular weight excluding hydrogens is 266 g/mol.